The maximum absolute atomic E-state index is 13.7. The van der Waals surface area contributed by atoms with Gasteiger partial charge in [-0.25, -0.2) is 13.1 Å². The van der Waals surface area contributed by atoms with Crippen LogP contribution < -0.4 is 14.4 Å². The molecule has 2 bridgehead atoms. The fourth-order valence-corrected chi connectivity index (χ4v) is 11.8. The largest absolute Gasteiger partial charge is 0.490 e. The van der Waals surface area contributed by atoms with Crippen molar-refractivity contribution in [1.82, 2.24) is 14.5 Å². The third-order valence-electron chi connectivity index (χ3n) is 13.8. The number of allylic oxidation sites excluding steroid dienone is 1. The number of hydrogen-bond acceptors (Lipinski definition) is 10. The number of sulfonamides is 1. The number of benzene rings is 2. The van der Waals surface area contributed by atoms with Gasteiger partial charge in [0.1, 0.15) is 11.4 Å². The molecule has 0 radical (unpaired) electrons. The minimum absolute atomic E-state index is 0.212. The standard InChI is InChI=1S/C44H63ClN4O7S/c1-6-56-44(29-47-19-21-48(22-20-47)37(26-53-4)27-54-5)18-7-9-31(2)32(3)57(51,52)46-42(50)34-12-16-41-40(24-34)49(25-35-11-14-39(35)44)28-43(30-55-41)17-8-10-33-23-36(45)13-15-38(33)43/h7,12-13,15-16,18,23-24,31-32,35,37,39H,6,8-11,14,17,19-22,25-30H2,1-5H3,(H,46,50)/b18-7+/t31-,32+,35-,39+,43-,44+/m0/s1. The van der Waals surface area contributed by atoms with Gasteiger partial charge in [0, 0.05) is 82.6 Å². The zero-order chi connectivity index (χ0) is 40.4. The molecule has 1 spiro atoms. The molecule has 6 atom stereocenters. The Labute approximate surface area is 345 Å². The molecule has 1 saturated carbocycles. The quantitative estimate of drug-likeness (QED) is 0.306. The predicted octanol–water partition coefficient (Wildman–Crippen LogP) is 5.94. The number of nitrogens with one attached hydrogen (secondary N) is 1. The number of nitrogens with zero attached hydrogens (tertiary/aromatic N) is 3. The van der Waals surface area contributed by atoms with Crippen molar-refractivity contribution in [3.8, 4) is 5.75 Å². The number of fused-ring (bicyclic) bond motifs is 4. The molecule has 13 heteroatoms. The van der Waals surface area contributed by atoms with Crippen LogP contribution in [0.25, 0.3) is 0 Å². The average molecular weight is 828 g/mol. The Morgan fingerprint density at radius 3 is 2.51 bits per heavy atom. The van der Waals surface area contributed by atoms with Crippen LogP contribution in [0.4, 0.5) is 5.69 Å². The van der Waals surface area contributed by atoms with Crippen molar-refractivity contribution in [3.63, 3.8) is 0 Å². The van der Waals surface area contributed by atoms with Crippen LogP contribution in [0, 0.1) is 17.8 Å². The van der Waals surface area contributed by atoms with Crippen LogP contribution in [0.15, 0.2) is 48.6 Å². The summed E-state index contributed by atoms with van der Waals surface area (Å²) in [5.74, 6) is 0.398. The number of piperazine rings is 1. The van der Waals surface area contributed by atoms with Crippen molar-refractivity contribution in [2.45, 2.75) is 81.6 Å². The first kappa shape index (κ1) is 42.4. The molecule has 1 N–H and O–H groups in total. The van der Waals surface area contributed by atoms with Crippen LogP contribution in [0.5, 0.6) is 5.75 Å². The predicted molar refractivity (Wildman–Crippen MR) is 225 cm³/mol. The highest BCUT2D eigenvalue weighted by Crippen LogP contribution is 2.49. The lowest BCUT2D eigenvalue weighted by atomic mass is 9.63. The Hall–Kier alpha value is -2.71. The molecular weight excluding hydrogens is 764 g/mol. The van der Waals surface area contributed by atoms with Crippen LogP contribution in [0.3, 0.4) is 0 Å². The van der Waals surface area contributed by atoms with Crippen LogP contribution >= 0.6 is 11.6 Å². The second kappa shape index (κ2) is 17.9. The van der Waals surface area contributed by atoms with E-state index in [1.54, 1.807) is 27.2 Å². The number of anilines is 1. The molecule has 2 aromatic carbocycles. The van der Waals surface area contributed by atoms with Crippen molar-refractivity contribution in [2.24, 2.45) is 17.8 Å². The van der Waals surface area contributed by atoms with Gasteiger partial charge in [0.25, 0.3) is 5.91 Å². The Morgan fingerprint density at radius 1 is 1.04 bits per heavy atom. The Bertz CT molecular complexity index is 1870. The van der Waals surface area contributed by atoms with E-state index < -0.39 is 26.8 Å². The summed E-state index contributed by atoms with van der Waals surface area (Å²) in [5, 5.41) is -0.0515. The smallest absolute Gasteiger partial charge is 0.264 e. The maximum Gasteiger partial charge on any atom is 0.264 e. The minimum Gasteiger partial charge on any atom is -0.490 e. The third kappa shape index (κ3) is 8.93. The number of amides is 1. The lowest BCUT2D eigenvalue weighted by Gasteiger charge is -2.53. The number of halogens is 1. The van der Waals surface area contributed by atoms with Crippen molar-refractivity contribution >= 4 is 33.2 Å². The topological polar surface area (TPSA) is 110 Å². The van der Waals surface area contributed by atoms with E-state index in [4.69, 9.17) is 30.5 Å². The monoisotopic (exact) mass is 826 g/mol. The summed E-state index contributed by atoms with van der Waals surface area (Å²) in [7, 11) is -0.487. The number of carbonyl (C=O) groups is 1. The second-order valence-corrected chi connectivity index (χ2v) is 19.8. The first-order valence-corrected chi connectivity index (χ1v) is 23.0. The van der Waals surface area contributed by atoms with Gasteiger partial charge >= 0.3 is 0 Å². The van der Waals surface area contributed by atoms with Gasteiger partial charge in [0.05, 0.1) is 36.8 Å². The number of rotatable bonds is 9. The van der Waals surface area contributed by atoms with Gasteiger partial charge in [-0.3, -0.25) is 14.6 Å². The minimum atomic E-state index is -3.98. The fraction of sp³-hybridized carbons (Fsp3) is 0.659. The maximum atomic E-state index is 13.7. The molecule has 1 saturated heterocycles. The van der Waals surface area contributed by atoms with Gasteiger partial charge in [-0.1, -0.05) is 36.7 Å². The summed E-state index contributed by atoms with van der Waals surface area (Å²) in [6.45, 7) is 13.9. The summed E-state index contributed by atoms with van der Waals surface area (Å²) in [6, 6.07) is 11.9. The highest BCUT2D eigenvalue weighted by molar-refractivity contribution is 7.90. The normalized spacial score (nSPS) is 31.4. The molecule has 0 unspecified atom stereocenters. The second-order valence-electron chi connectivity index (χ2n) is 17.3. The molecule has 11 nitrogen and oxygen atoms in total. The summed E-state index contributed by atoms with van der Waals surface area (Å²) in [6.07, 6.45) is 10.0. The first-order chi connectivity index (χ1) is 27.4. The van der Waals surface area contributed by atoms with E-state index in [-0.39, 0.29) is 23.3 Å². The van der Waals surface area contributed by atoms with Crippen LogP contribution in [0.1, 0.15) is 74.4 Å². The van der Waals surface area contributed by atoms with Gasteiger partial charge in [0.2, 0.25) is 10.0 Å². The Kier molecular flexibility index (Phi) is 13.3. The van der Waals surface area contributed by atoms with Crippen molar-refractivity contribution < 1.29 is 32.2 Å². The van der Waals surface area contributed by atoms with Gasteiger partial charge in [-0.05, 0) is 112 Å². The van der Waals surface area contributed by atoms with E-state index in [1.807, 2.05) is 25.1 Å². The number of aryl methyl sites for hydroxylation is 1. The zero-order valence-corrected chi connectivity index (χ0v) is 36.1. The lowest BCUT2D eigenvalue weighted by Crippen LogP contribution is -2.60. The molecule has 5 aliphatic rings. The summed E-state index contributed by atoms with van der Waals surface area (Å²) in [4.78, 5) is 21.2. The number of hydrogen-bond donors (Lipinski definition) is 1. The van der Waals surface area contributed by atoms with E-state index in [1.165, 1.54) is 11.1 Å². The zero-order valence-electron chi connectivity index (χ0n) is 34.5. The van der Waals surface area contributed by atoms with Crippen LogP contribution in [-0.4, -0.2) is 127 Å². The average Bonchev–Trinajstić information content (AvgIpc) is 3.32. The van der Waals surface area contributed by atoms with Gasteiger partial charge in [0.15, 0.2) is 0 Å². The first-order valence-electron chi connectivity index (χ1n) is 21.0. The third-order valence-corrected chi connectivity index (χ3v) is 15.9. The number of ether oxygens (including phenoxy) is 4. The SMILES string of the molecule is CCO[C@@]1(CN2CCN(C(COC)COC)CC2)/C=C/C[C@H](C)[C@@H](C)S(=O)(=O)NC(=O)c2ccc3c(c2)N(C[C@@H]2CC[C@H]21)C[C@@]1(CCCc2cc(Cl)ccc21)CO3. The molecule has 0 aromatic heterocycles. The summed E-state index contributed by atoms with van der Waals surface area (Å²) >= 11 is 6.53. The Morgan fingerprint density at radius 2 is 1.81 bits per heavy atom. The van der Waals surface area contributed by atoms with Crippen LogP contribution in [0.2, 0.25) is 5.02 Å². The fourth-order valence-electron chi connectivity index (χ4n) is 10.3. The molecule has 1 amide bonds. The molecule has 3 aliphatic heterocycles. The highest BCUT2D eigenvalue weighted by Gasteiger charge is 2.50. The molecular formula is C44H63ClN4O7S. The van der Waals surface area contributed by atoms with E-state index in [9.17, 15) is 13.2 Å². The van der Waals surface area contributed by atoms with Crippen LogP contribution in [-0.2, 0) is 36.1 Å². The molecule has 7 rings (SSSR count). The lowest BCUT2D eigenvalue weighted by molar-refractivity contribution is -0.114. The number of methoxy groups -OCH3 is 2. The highest BCUT2D eigenvalue weighted by atomic mass is 35.5. The van der Waals surface area contributed by atoms with Crippen molar-refractivity contribution in [2.75, 3.05) is 91.4 Å². The summed E-state index contributed by atoms with van der Waals surface area (Å²) < 4.78 is 54.7. The Balaban J connectivity index is 1.26. The van der Waals surface area contributed by atoms with Crippen molar-refractivity contribution in [1.29, 1.82) is 0 Å². The molecule has 314 valence electrons. The molecule has 3 heterocycles. The molecule has 57 heavy (non-hydrogen) atoms. The molecule has 2 aliphatic carbocycles. The van der Waals surface area contributed by atoms with E-state index in [0.29, 0.717) is 56.6 Å². The van der Waals surface area contributed by atoms with Crippen molar-refractivity contribution in [3.05, 3.63) is 70.3 Å². The molecule has 2 fully saturated rings. The van der Waals surface area contributed by atoms with Gasteiger partial charge < -0.3 is 23.8 Å². The van der Waals surface area contributed by atoms with E-state index in [0.717, 1.165) is 82.1 Å². The molecule has 2 aromatic rings. The van der Waals surface area contributed by atoms with Gasteiger partial charge in [-0.2, -0.15) is 0 Å². The number of carbonyl (C=O) groups excluding carboxylic acids is 1. The summed E-state index contributed by atoms with van der Waals surface area (Å²) in [5.41, 5.74) is 2.82. The van der Waals surface area contributed by atoms with Gasteiger partial charge in [-0.15, -0.1) is 0 Å². The van der Waals surface area contributed by atoms with E-state index >= 15 is 0 Å². The van der Waals surface area contributed by atoms with E-state index in [2.05, 4.69) is 50.6 Å².